The minimum absolute atomic E-state index is 0.0554. The van der Waals surface area contributed by atoms with Gasteiger partial charge in [0, 0.05) is 11.8 Å². The molecular formula is C11H14O2. The summed E-state index contributed by atoms with van der Waals surface area (Å²) in [5.74, 6) is 1.27. The van der Waals surface area contributed by atoms with Crippen LogP contribution < -0.4 is 0 Å². The monoisotopic (exact) mass is 178 g/mol. The van der Waals surface area contributed by atoms with Crippen LogP contribution in [0.1, 0.15) is 26.2 Å². The Hall–Kier alpha value is -0.790. The first-order valence-corrected chi connectivity index (χ1v) is 5.22. The molecule has 2 bridgehead atoms. The molecule has 4 unspecified atom stereocenters. The first-order chi connectivity index (χ1) is 6.31. The molecule has 1 saturated heterocycles. The summed E-state index contributed by atoms with van der Waals surface area (Å²) in [6, 6.07) is 0. The van der Waals surface area contributed by atoms with Crippen LogP contribution in [0, 0.1) is 17.8 Å². The Kier molecular flexibility index (Phi) is 1.38. The van der Waals surface area contributed by atoms with Crippen LogP contribution in [0.15, 0.2) is 11.6 Å². The van der Waals surface area contributed by atoms with Gasteiger partial charge >= 0.3 is 5.97 Å². The molecule has 0 N–H and O–H groups in total. The van der Waals surface area contributed by atoms with Gasteiger partial charge in [0.05, 0.1) is 5.92 Å². The van der Waals surface area contributed by atoms with E-state index >= 15 is 0 Å². The van der Waals surface area contributed by atoms with E-state index in [2.05, 4.69) is 13.0 Å². The predicted octanol–water partition coefficient (Wildman–Crippen LogP) is 1.90. The van der Waals surface area contributed by atoms with Crippen molar-refractivity contribution in [3.05, 3.63) is 11.6 Å². The minimum Gasteiger partial charge on any atom is -0.461 e. The van der Waals surface area contributed by atoms with Gasteiger partial charge in [0.2, 0.25) is 0 Å². The number of hydrogen-bond acceptors (Lipinski definition) is 2. The van der Waals surface area contributed by atoms with Crippen molar-refractivity contribution in [3.63, 3.8) is 0 Å². The lowest BCUT2D eigenvalue weighted by Crippen LogP contribution is -2.26. The summed E-state index contributed by atoms with van der Waals surface area (Å²) >= 11 is 0. The predicted molar refractivity (Wildman–Crippen MR) is 48.0 cm³/mol. The van der Waals surface area contributed by atoms with E-state index in [1.165, 1.54) is 18.4 Å². The first kappa shape index (κ1) is 7.60. The lowest BCUT2D eigenvalue weighted by Gasteiger charge is -2.24. The van der Waals surface area contributed by atoms with Crippen LogP contribution in [0.25, 0.3) is 0 Å². The molecule has 0 saturated carbocycles. The number of hydrogen-bond donors (Lipinski definition) is 0. The van der Waals surface area contributed by atoms with Crippen LogP contribution >= 0.6 is 0 Å². The molecule has 3 rings (SSSR count). The highest BCUT2D eigenvalue weighted by atomic mass is 16.6. The molecule has 1 aliphatic heterocycles. The number of ether oxygens (including phenoxy) is 1. The molecule has 2 heteroatoms. The molecule has 0 aromatic rings. The molecule has 0 amide bonds. The summed E-state index contributed by atoms with van der Waals surface area (Å²) in [6.45, 7) is 2.20. The van der Waals surface area contributed by atoms with Crippen molar-refractivity contribution in [2.75, 3.05) is 0 Å². The Bertz CT molecular complexity index is 292. The molecule has 0 aromatic heterocycles. The largest absolute Gasteiger partial charge is 0.461 e. The van der Waals surface area contributed by atoms with Gasteiger partial charge in [-0.2, -0.15) is 0 Å². The average Bonchev–Trinajstić information content (AvgIpc) is 2.69. The van der Waals surface area contributed by atoms with Gasteiger partial charge in [-0.3, -0.25) is 4.79 Å². The molecule has 0 radical (unpaired) electrons. The smallest absolute Gasteiger partial charge is 0.310 e. The molecule has 70 valence electrons. The summed E-state index contributed by atoms with van der Waals surface area (Å²) in [5, 5.41) is 0. The number of esters is 1. The van der Waals surface area contributed by atoms with Gasteiger partial charge in [-0.05, 0) is 12.8 Å². The highest BCUT2D eigenvalue weighted by Crippen LogP contribution is 2.54. The van der Waals surface area contributed by atoms with Gasteiger partial charge < -0.3 is 4.74 Å². The van der Waals surface area contributed by atoms with Crippen LogP contribution in [0.2, 0.25) is 0 Å². The van der Waals surface area contributed by atoms with Crippen molar-refractivity contribution < 1.29 is 9.53 Å². The fourth-order valence-electron chi connectivity index (χ4n) is 3.18. The Morgan fingerprint density at radius 1 is 1.62 bits per heavy atom. The second-order valence-electron chi connectivity index (χ2n) is 4.43. The molecule has 1 heterocycles. The number of carbonyl (C=O) groups is 1. The van der Waals surface area contributed by atoms with E-state index in [1.807, 2.05) is 0 Å². The average molecular weight is 178 g/mol. The summed E-state index contributed by atoms with van der Waals surface area (Å²) in [6.07, 6.45) is 5.90. The fraction of sp³-hybridized carbons (Fsp3) is 0.727. The zero-order chi connectivity index (χ0) is 9.00. The molecule has 4 atom stereocenters. The third-order valence-electron chi connectivity index (χ3n) is 3.73. The highest BCUT2D eigenvalue weighted by Gasteiger charge is 2.56. The fourth-order valence-corrected chi connectivity index (χ4v) is 3.18. The van der Waals surface area contributed by atoms with E-state index in [-0.39, 0.29) is 18.0 Å². The first-order valence-electron chi connectivity index (χ1n) is 5.22. The minimum atomic E-state index is 0.0554. The van der Waals surface area contributed by atoms with E-state index < -0.39 is 0 Å². The zero-order valence-electron chi connectivity index (χ0n) is 7.82. The van der Waals surface area contributed by atoms with Crippen molar-refractivity contribution in [3.8, 4) is 0 Å². The maximum atomic E-state index is 11.4. The Morgan fingerprint density at radius 3 is 3.23 bits per heavy atom. The lowest BCUT2D eigenvalue weighted by molar-refractivity contribution is -0.144. The maximum Gasteiger partial charge on any atom is 0.310 e. The third kappa shape index (κ3) is 0.812. The SMILES string of the molecule is CCCC1C2=CC3C(C2)C(=O)OC13. The maximum absolute atomic E-state index is 11.4. The number of carbonyl (C=O) groups excluding carboxylic acids is 1. The molecule has 13 heavy (non-hydrogen) atoms. The van der Waals surface area contributed by atoms with Crippen molar-refractivity contribution in [1.82, 2.24) is 0 Å². The van der Waals surface area contributed by atoms with Crippen molar-refractivity contribution in [2.45, 2.75) is 32.3 Å². The van der Waals surface area contributed by atoms with Crippen LogP contribution in [-0.4, -0.2) is 12.1 Å². The molecule has 2 nitrogen and oxygen atoms in total. The quantitative estimate of drug-likeness (QED) is 0.477. The van der Waals surface area contributed by atoms with Crippen molar-refractivity contribution in [1.29, 1.82) is 0 Å². The lowest BCUT2D eigenvalue weighted by atomic mass is 9.79. The summed E-state index contributed by atoms with van der Waals surface area (Å²) in [5.41, 5.74) is 1.51. The van der Waals surface area contributed by atoms with E-state index in [0.717, 1.165) is 6.42 Å². The third-order valence-corrected chi connectivity index (χ3v) is 3.73. The molecule has 1 fully saturated rings. The van der Waals surface area contributed by atoms with Gasteiger partial charge in [-0.1, -0.05) is 25.0 Å². The van der Waals surface area contributed by atoms with Crippen LogP contribution in [0.4, 0.5) is 0 Å². The van der Waals surface area contributed by atoms with Crippen LogP contribution in [0.5, 0.6) is 0 Å². The summed E-state index contributed by atoms with van der Waals surface area (Å²) in [7, 11) is 0. The zero-order valence-corrected chi connectivity index (χ0v) is 7.82. The topological polar surface area (TPSA) is 26.3 Å². The van der Waals surface area contributed by atoms with Crippen LogP contribution in [-0.2, 0) is 9.53 Å². The van der Waals surface area contributed by atoms with Gasteiger partial charge in [0.15, 0.2) is 0 Å². The summed E-state index contributed by atoms with van der Waals surface area (Å²) < 4.78 is 5.41. The molecular weight excluding hydrogens is 164 g/mol. The normalized spacial score (nSPS) is 45.3. The molecule has 2 aliphatic carbocycles. The Labute approximate surface area is 78.0 Å². The van der Waals surface area contributed by atoms with Gasteiger partial charge in [0.25, 0.3) is 0 Å². The Morgan fingerprint density at radius 2 is 2.46 bits per heavy atom. The standard InChI is InChI=1S/C11H14O2/c1-2-3-7-6-4-8-9(5-6)11(12)13-10(7)8/h4,7-10H,2-3,5H2,1H3. The second-order valence-corrected chi connectivity index (χ2v) is 4.43. The van der Waals surface area contributed by atoms with Crippen molar-refractivity contribution >= 4 is 5.97 Å². The van der Waals surface area contributed by atoms with E-state index in [1.54, 1.807) is 0 Å². The number of rotatable bonds is 2. The molecule has 3 aliphatic rings. The Balaban J connectivity index is 1.89. The van der Waals surface area contributed by atoms with Gasteiger partial charge in [-0.15, -0.1) is 0 Å². The van der Waals surface area contributed by atoms with E-state index in [9.17, 15) is 4.79 Å². The van der Waals surface area contributed by atoms with E-state index in [0.29, 0.717) is 11.8 Å². The van der Waals surface area contributed by atoms with Gasteiger partial charge in [-0.25, -0.2) is 0 Å². The summed E-state index contributed by atoms with van der Waals surface area (Å²) in [4.78, 5) is 11.4. The van der Waals surface area contributed by atoms with Crippen LogP contribution in [0.3, 0.4) is 0 Å². The van der Waals surface area contributed by atoms with E-state index in [4.69, 9.17) is 4.74 Å². The molecule has 0 spiro atoms. The van der Waals surface area contributed by atoms with Crippen molar-refractivity contribution in [2.24, 2.45) is 17.8 Å². The second kappa shape index (κ2) is 2.37. The van der Waals surface area contributed by atoms with Gasteiger partial charge in [0.1, 0.15) is 6.10 Å². The molecule has 0 aromatic carbocycles. The highest BCUT2D eigenvalue weighted by molar-refractivity contribution is 5.78.